The first-order valence-electron chi connectivity index (χ1n) is 10.5. The number of nitrogens with zero attached hydrogens (tertiary/aromatic N) is 3. The summed E-state index contributed by atoms with van der Waals surface area (Å²) in [6.45, 7) is 3.92. The van der Waals surface area contributed by atoms with Crippen molar-refractivity contribution >= 4 is 22.8 Å². The Morgan fingerprint density at radius 2 is 2.10 bits per heavy atom. The van der Waals surface area contributed by atoms with Gasteiger partial charge in [-0.05, 0) is 49.2 Å². The van der Waals surface area contributed by atoms with Gasteiger partial charge in [-0.15, -0.1) is 0 Å². The number of pyridine rings is 1. The molecule has 8 heteroatoms. The van der Waals surface area contributed by atoms with E-state index in [-0.39, 0.29) is 18.3 Å². The van der Waals surface area contributed by atoms with E-state index in [9.17, 15) is 9.18 Å². The minimum absolute atomic E-state index is 0.0553. The molecule has 0 saturated carbocycles. The van der Waals surface area contributed by atoms with Crippen LogP contribution < -0.4 is 10.6 Å². The van der Waals surface area contributed by atoms with Gasteiger partial charge in [-0.25, -0.2) is 9.38 Å². The lowest BCUT2D eigenvalue weighted by atomic mass is 10.1. The summed E-state index contributed by atoms with van der Waals surface area (Å²) < 4.78 is 13.5. The molecule has 31 heavy (non-hydrogen) atoms. The summed E-state index contributed by atoms with van der Waals surface area (Å²) in [5, 5.41) is 7.28. The summed E-state index contributed by atoms with van der Waals surface area (Å²) >= 11 is 0. The van der Waals surface area contributed by atoms with E-state index >= 15 is 0 Å². The van der Waals surface area contributed by atoms with E-state index in [0.717, 1.165) is 22.2 Å². The molecule has 2 heterocycles. The first-order valence-corrected chi connectivity index (χ1v) is 10.5. The molecule has 0 radical (unpaired) electrons. The molecule has 164 valence electrons. The fourth-order valence-corrected chi connectivity index (χ4v) is 3.24. The van der Waals surface area contributed by atoms with Crippen molar-refractivity contribution in [1.82, 2.24) is 25.5 Å². The predicted octanol–water partition coefficient (Wildman–Crippen LogP) is 2.50. The zero-order chi connectivity index (χ0) is 22.1. The van der Waals surface area contributed by atoms with Gasteiger partial charge in [0, 0.05) is 62.1 Å². The third-order valence-corrected chi connectivity index (χ3v) is 4.99. The molecule has 0 aliphatic heterocycles. The standard InChI is InChI=1S/C23H29FN6O/c1-3-25-23(27-12-9-17-15-28-21-8-7-18(24)14-20(17)21)29-16-22(31)30(2)13-10-19-6-4-5-11-26-19/h4-8,11,14-15,28H,3,9-10,12-13,16H2,1-2H3,(H2,25,27,29). The molecule has 3 aromatic rings. The quantitative estimate of drug-likeness (QED) is 0.364. The van der Waals surface area contributed by atoms with E-state index in [1.807, 2.05) is 31.3 Å². The van der Waals surface area contributed by atoms with Crippen molar-refractivity contribution in [3.8, 4) is 0 Å². The average molecular weight is 425 g/mol. The second-order valence-electron chi connectivity index (χ2n) is 7.26. The Hall–Kier alpha value is -3.42. The number of carbonyl (C=O) groups excluding carboxylic acids is 1. The summed E-state index contributed by atoms with van der Waals surface area (Å²) in [5.41, 5.74) is 2.90. The number of guanidine groups is 1. The molecule has 0 aliphatic rings. The van der Waals surface area contributed by atoms with Crippen LogP contribution in [0.15, 0.2) is 53.8 Å². The van der Waals surface area contributed by atoms with Crippen LogP contribution in [0.5, 0.6) is 0 Å². The molecule has 1 amide bonds. The smallest absolute Gasteiger partial charge is 0.244 e. The molecule has 2 aromatic heterocycles. The van der Waals surface area contributed by atoms with Crippen molar-refractivity contribution in [1.29, 1.82) is 0 Å². The number of halogens is 1. The molecule has 7 nitrogen and oxygen atoms in total. The molecule has 0 unspecified atom stereocenters. The monoisotopic (exact) mass is 424 g/mol. The minimum Gasteiger partial charge on any atom is -0.361 e. The predicted molar refractivity (Wildman–Crippen MR) is 122 cm³/mol. The summed E-state index contributed by atoms with van der Waals surface area (Å²) in [5.74, 6) is 0.280. The number of carbonyl (C=O) groups is 1. The summed E-state index contributed by atoms with van der Waals surface area (Å²) in [4.78, 5) is 25.9. The van der Waals surface area contributed by atoms with Gasteiger partial charge in [-0.3, -0.25) is 9.78 Å². The number of fused-ring (bicyclic) bond motifs is 1. The number of aromatic amines is 1. The topological polar surface area (TPSA) is 85.4 Å². The molecule has 0 fully saturated rings. The van der Waals surface area contributed by atoms with Gasteiger partial charge < -0.3 is 20.5 Å². The van der Waals surface area contributed by atoms with Gasteiger partial charge in [0.15, 0.2) is 5.96 Å². The van der Waals surface area contributed by atoms with Crippen LogP contribution in [0.3, 0.4) is 0 Å². The highest BCUT2D eigenvalue weighted by atomic mass is 19.1. The number of rotatable bonds is 9. The highest BCUT2D eigenvalue weighted by Gasteiger charge is 2.10. The molecule has 0 aliphatic carbocycles. The van der Waals surface area contributed by atoms with Gasteiger partial charge >= 0.3 is 0 Å². The van der Waals surface area contributed by atoms with E-state index in [0.29, 0.717) is 38.4 Å². The van der Waals surface area contributed by atoms with Gasteiger partial charge in [0.05, 0.1) is 0 Å². The van der Waals surface area contributed by atoms with Gasteiger partial charge in [-0.2, -0.15) is 0 Å². The molecule has 0 spiro atoms. The van der Waals surface area contributed by atoms with Crippen LogP contribution in [0, 0.1) is 5.82 Å². The number of amides is 1. The normalized spacial score (nSPS) is 11.5. The fraction of sp³-hybridized carbons (Fsp3) is 0.348. The Bertz CT molecular complexity index is 1020. The second kappa shape index (κ2) is 11.1. The fourth-order valence-electron chi connectivity index (χ4n) is 3.24. The molecule has 0 bridgehead atoms. The van der Waals surface area contributed by atoms with E-state index in [1.54, 1.807) is 30.3 Å². The van der Waals surface area contributed by atoms with Crippen molar-refractivity contribution in [3.05, 3.63) is 65.9 Å². The lowest BCUT2D eigenvalue weighted by molar-refractivity contribution is -0.128. The van der Waals surface area contributed by atoms with Crippen molar-refractivity contribution in [2.45, 2.75) is 19.8 Å². The van der Waals surface area contributed by atoms with E-state index in [4.69, 9.17) is 0 Å². The highest BCUT2D eigenvalue weighted by molar-refractivity contribution is 5.85. The first-order chi connectivity index (χ1) is 15.1. The number of hydrogen-bond acceptors (Lipinski definition) is 3. The van der Waals surface area contributed by atoms with Crippen LogP contribution in [0.4, 0.5) is 4.39 Å². The number of aromatic nitrogens is 2. The Morgan fingerprint density at radius 1 is 1.23 bits per heavy atom. The average Bonchev–Trinajstić information content (AvgIpc) is 3.18. The first kappa shape index (κ1) is 22.3. The number of likely N-dealkylation sites (N-methyl/N-ethyl adjacent to an activating group) is 1. The molecule has 3 N–H and O–H groups in total. The van der Waals surface area contributed by atoms with Crippen LogP contribution in [-0.4, -0.2) is 60.0 Å². The van der Waals surface area contributed by atoms with Crippen LogP contribution in [0.2, 0.25) is 0 Å². The second-order valence-corrected chi connectivity index (χ2v) is 7.26. The number of nitrogens with one attached hydrogen (secondary N) is 3. The van der Waals surface area contributed by atoms with Gasteiger partial charge in [0.1, 0.15) is 12.4 Å². The molecule has 3 rings (SSSR count). The summed E-state index contributed by atoms with van der Waals surface area (Å²) in [6, 6.07) is 10.5. The van der Waals surface area contributed by atoms with Crippen molar-refractivity contribution in [3.63, 3.8) is 0 Å². The summed E-state index contributed by atoms with van der Waals surface area (Å²) in [6.07, 6.45) is 5.06. The number of hydrogen-bond donors (Lipinski definition) is 3. The van der Waals surface area contributed by atoms with E-state index < -0.39 is 0 Å². The Kier molecular flexibility index (Phi) is 7.98. The lowest BCUT2D eigenvalue weighted by Gasteiger charge is -2.16. The van der Waals surface area contributed by atoms with Gasteiger partial charge in [0.2, 0.25) is 5.91 Å². The Balaban J connectivity index is 1.49. The van der Waals surface area contributed by atoms with E-state index in [2.05, 4.69) is 25.6 Å². The van der Waals surface area contributed by atoms with Crippen LogP contribution in [-0.2, 0) is 17.6 Å². The van der Waals surface area contributed by atoms with Crippen LogP contribution in [0.1, 0.15) is 18.2 Å². The molecular formula is C23H29FN6O. The maximum absolute atomic E-state index is 13.5. The van der Waals surface area contributed by atoms with Gasteiger partial charge in [0.25, 0.3) is 0 Å². The number of H-pyrrole nitrogens is 1. The van der Waals surface area contributed by atoms with Crippen LogP contribution in [0.25, 0.3) is 10.9 Å². The third-order valence-electron chi connectivity index (χ3n) is 4.99. The molecular weight excluding hydrogens is 395 g/mol. The number of aliphatic imine (C=N–C) groups is 1. The third kappa shape index (κ3) is 6.53. The zero-order valence-electron chi connectivity index (χ0n) is 18.0. The van der Waals surface area contributed by atoms with Crippen LogP contribution >= 0.6 is 0 Å². The molecule has 0 atom stereocenters. The summed E-state index contributed by atoms with van der Waals surface area (Å²) in [7, 11) is 1.78. The molecule has 1 aromatic carbocycles. The SMILES string of the molecule is CCNC(=NCC(=O)N(C)CCc1ccccn1)NCCc1c[nH]c2ccc(F)cc12. The van der Waals surface area contributed by atoms with E-state index in [1.165, 1.54) is 6.07 Å². The highest BCUT2D eigenvalue weighted by Crippen LogP contribution is 2.19. The largest absolute Gasteiger partial charge is 0.361 e. The molecule has 0 saturated heterocycles. The Morgan fingerprint density at radius 3 is 2.87 bits per heavy atom. The lowest BCUT2D eigenvalue weighted by Crippen LogP contribution is -2.39. The van der Waals surface area contributed by atoms with Gasteiger partial charge in [-0.1, -0.05) is 6.07 Å². The Labute approximate surface area is 181 Å². The zero-order valence-corrected chi connectivity index (χ0v) is 18.0. The van der Waals surface area contributed by atoms with Crippen molar-refractivity contribution in [2.75, 3.05) is 33.2 Å². The maximum atomic E-state index is 13.5. The maximum Gasteiger partial charge on any atom is 0.244 e. The van der Waals surface area contributed by atoms with Crippen molar-refractivity contribution in [2.24, 2.45) is 4.99 Å². The minimum atomic E-state index is -0.248. The number of benzene rings is 1. The van der Waals surface area contributed by atoms with Crippen molar-refractivity contribution < 1.29 is 9.18 Å².